The Bertz CT molecular complexity index is 1310. The lowest BCUT2D eigenvalue weighted by atomic mass is 10.0. The van der Waals surface area contributed by atoms with Gasteiger partial charge in [-0.05, 0) is 36.1 Å². The quantitative estimate of drug-likeness (QED) is 0.367. The monoisotopic (exact) mass is 435 g/mol. The number of aromatic nitrogens is 2. The summed E-state index contributed by atoms with van der Waals surface area (Å²) < 4.78 is 1.50. The molecule has 0 fully saturated rings. The van der Waals surface area contributed by atoms with Crippen molar-refractivity contribution >= 4 is 39.2 Å². The molecule has 0 aliphatic carbocycles. The normalized spacial score (nSPS) is 12.2. The number of hydrogen-bond donors (Lipinski definition) is 1. The highest BCUT2D eigenvalue weighted by molar-refractivity contribution is 8.00. The van der Waals surface area contributed by atoms with Crippen LogP contribution in [0.2, 0.25) is 0 Å². The van der Waals surface area contributed by atoms with Gasteiger partial charge in [0.25, 0.3) is 5.56 Å². The second-order valence-electron chi connectivity index (χ2n) is 7.20. The maximum Gasteiger partial charge on any atom is 0.263 e. The van der Waals surface area contributed by atoms with E-state index in [0.29, 0.717) is 15.4 Å². The van der Waals surface area contributed by atoms with Gasteiger partial charge < -0.3 is 5.73 Å². The maximum atomic E-state index is 13.2. The Hall–Kier alpha value is -2.90. The first-order valence-electron chi connectivity index (χ1n) is 9.43. The van der Waals surface area contributed by atoms with Crippen LogP contribution in [0.15, 0.2) is 63.9 Å². The van der Waals surface area contributed by atoms with E-state index in [-0.39, 0.29) is 5.56 Å². The molecular weight excluding hydrogens is 414 g/mol. The molecule has 0 spiro atoms. The van der Waals surface area contributed by atoms with Crippen LogP contribution in [0.3, 0.4) is 0 Å². The van der Waals surface area contributed by atoms with Gasteiger partial charge in [-0.1, -0.05) is 60.3 Å². The van der Waals surface area contributed by atoms with E-state index in [4.69, 9.17) is 10.7 Å². The fourth-order valence-electron chi connectivity index (χ4n) is 3.30. The number of nitrogens with zero attached hydrogens (tertiary/aromatic N) is 2. The summed E-state index contributed by atoms with van der Waals surface area (Å²) in [6.45, 7) is 4.13. The smallest absolute Gasteiger partial charge is 0.263 e. The minimum absolute atomic E-state index is 0.131. The Morgan fingerprint density at radius 1 is 1.13 bits per heavy atom. The van der Waals surface area contributed by atoms with Crippen LogP contribution in [0.25, 0.3) is 21.3 Å². The van der Waals surface area contributed by atoms with Crippen molar-refractivity contribution in [3.63, 3.8) is 0 Å². The predicted octanol–water partition coefficient (Wildman–Crippen LogP) is 4.60. The Morgan fingerprint density at radius 3 is 2.53 bits per heavy atom. The first kappa shape index (κ1) is 20.4. The minimum atomic E-state index is -0.624. The molecule has 2 N–H and O–H groups in total. The van der Waals surface area contributed by atoms with Crippen molar-refractivity contribution in [3.05, 3.63) is 81.0 Å². The first-order chi connectivity index (χ1) is 14.4. The van der Waals surface area contributed by atoms with Gasteiger partial charge >= 0.3 is 0 Å². The highest BCUT2D eigenvalue weighted by Gasteiger charge is 2.23. The van der Waals surface area contributed by atoms with E-state index in [1.807, 2.05) is 41.8 Å². The number of amides is 1. The Balaban J connectivity index is 1.80. The number of thiophene rings is 1. The van der Waals surface area contributed by atoms with E-state index in [9.17, 15) is 9.59 Å². The molecule has 30 heavy (non-hydrogen) atoms. The van der Waals surface area contributed by atoms with E-state index in [2.05, 4.69) is 26.0 Å². The Kier molecular flexibility index (Phi) is 5.49. The molecule has 2 aromatic heterocycles. The molecule has 0 bridgehead atoms. The SMILES string of the molecule is Cc1ccc(-c2csc3nc(SC(C(N)=O)c4ccccc4)n(C)c(=O)c23)cc1C. The van der Waals surface area contributed by atoms with Crippen LogP contribution in [0.4, 0.5) is 0 Å². The largest absolute Gasteiger partial charge is 0.368 e. The van der Waals surface area contributed by atoms with Crippen LogP contribution in [0.1, 0.15) is 21.9 Å². The Morgan fingerprint density at radius 2 is 1.87 bits per heavy atom. The van der Waals surface area contributed by atoms with Gasteiger partial charge in [0.1, 0.15) is 10.1 Å². The number of carbonyl (C=O) groups is 1. The van der Waals surface area contributed by atoms with Crippen LogP contribution in [-0.4, -0.2) is 15.5 Å². The summed E-state index contributed by atoms with van der Waals surface area (Å²) >= 11 is 2.63. The van der Waals surface area contributed by atoms with Gasteiger partial charge in [0.2, 0.25) is 5.91 Å². The van der Waals surface area contributed by atoms with Gasteiger partial charge in [0.05, 0.1) is 5.39 Å². The zero-order chi connectivity index (χ0) is 21.4. The van der Waals surface area contributed by atoms with E-state index < -0.39 is 11.2 Å². The molecule has 0 saturated heterocycles. The summed E-state index contributed by atoms with van der Waals surface area (Å²) in [4.78, 5) is 30.7. The molecule has 1 atom stereocenters. The highest BCUT2D eigenvalue weighted by Crippen LogP contribution is 2.36. The minimum Gasteiger partial charge on any atom is -0.368 e. The van der Waals surface area contributed by atoms with E-state index >= 15 is 0 Å². The molecule has 5 nitrogen and oxygen atoms in total. The topological polar surface area (TPSA) is 78.0 Å². The molecule has 7 heteroatoms. The molecule has 2 aromatic carbocycles. The fraction of sp³-hybridized carbons (Fsp3) is 0.174. The number of primary amides is 1. The summed E-state index contributed by atoms with van der Waals surface area (Å²) in [5.41, 5.74) is 10.6. The van der Waals surface area contributed by atoms with Gasteiger partial charge in [-0.25, -0.2) is 4.98 Å². The summed E-state index contributed by atoms with van der Waals surface area (Å²) in [6.07, 6.45) is 0. The lowest BCUT2D eigenvalue weighted by Crippen LogP contribution is -2.23. The number of nitrogens with two attached hydrogens (primary N) is 1. The van der Waals surface area contributed by atoms with Crippen LogP contribution in [0.5, 0.6) is 0 Å². The lowest BCUT2D eigenvalue weighted by Gasteiger charge is -2.15. The molecule has 0 saturated carbocycles. The lowest BCUT2D eigenvalue weighted by molar-refractivity contribution is -0.117. The van der Waals surface area contributed by atoms with Crippen molar-refractivity contribution in [2.24, 2.45) is 12.8 Å². The van der Waals surface area contributed by atoms with Gasteiger partial charge in [-0.15, -0.1) is 11.3 Å². The Labute approximate surface area is 182 Å². The van der Waals surface area contributed by atoms with Crippen molar-refractivity contribution in [2.45, 2.75) is 24.3 Å². The number of aryl methyl sites for hydroxylation is 2. The van der Waals surface area contributed by atoms with Crippen molar-refractivity contribution < 1.29 is 4.79 Å². The van der Waals surface area contributed by atoms with E-state index in [0.717, 1.165) is 16.7 Å². The molecular formula is C23H21N3O2S2. The van der Waals surface area contributed by atoms with Gasteiger partial charge in [0, 0.05) is 18.0 Å². The molecule has 2 heterocycles. The summed E-state index contributed by atoms with van der Waals surface area (Å²) in [7, 11) is 1.68. The van der Waals surface area contributed by atoms with Crippen LogP contribution in [0, 0.1) is 13.8 Å². The van der Waals surface area contributed by atoms with Crippen LogP contribution in [-0.2, 0) is 11.8 Å². The zero-order valence-corrected chi connectivity index (χ0v) is 18.5. The predicted molar refractivity (Wildman–Crippen MR) is 124 cm³/mol. The molecule has 0 aliphatic heterocycles. The van der Waals surface area contributed by atoms with Crippen LogP contribution >= 0.6 is 23.1 Å². The third kappa shape index (κ3) is 3.66. The zero-order valence-electron chi connectivity index (χ0n) is 16.9. The van der Waals surface area contributed by atoms with E-state index in [1.54, 1.807) is 7.05 Å². The standard InChI is InChI=1S/C23H21N3O2S2/c1-13-9-10-16(11-14(13)2)17-12-29-21-18(17)22(28)26(3)23(25-21)30-19(20(24)27)15-7-5-4-6-8-15/h4-12,19H,1-3H3,(H2,24,27). The van der Waals surface area contributed by atoms with Crippen molar-refractivity contribution in [3.8, 4) is 11.1 Å². The maximum absolute atomic E-state index is 13.2. The van der Waals surface area contributed by atoms with Gasteiger partial charge in [-0.3, -0.25) is 14.2 Å². The molecule has 1 amide bonds. The van der Waals surface area contributed by atoms with Gasteiger partial charge in [-0.2, -0.15) is 0 Å². The van der Waals surface area contributed by atoms with Crippen molar-refractivity contribution in [1.82, 2.24) is 9.55 Å². The third-order valence-electron chi connectivity index (χ3n) is 5.18. The first-order valence-corrected chi connectivity index (χ1v) is 11.2. The second kappa shape index (κ2) is 8.08. The number of carbonyl (C=O) groups excluding carboxylic acids is 1. The summed E-state index contributed by atoms with van der Waals surface area (Å²) in [6, 6.07) is 15.5. The molecule has 4 aromatic rings. The summed E-state index contributed by atoms with van der Waals surface area (Å²) in [5, 5.41) is 2.42. The molecule has 4 rings (SSSR count). The second-order valence-corrected chi connectivity index (χ2v) is 9.13. The average molecular weight is 436 g/mol. The highest BCUT2D eigenvalue weighted by atomic mass is 32.2. The number of hydrogen-bond acceptors (Lipinski definition) is 5. The third-order valence-corrected chi connectivity index (χ3v) is 7.36. The average Bonchev–Trinajstić information content (AvgIpc) is 3.16. The van der Waals surface area contributed by atoms with Crippen LogP contribution < -0.4 is 11.3 Å². The van der Waals surface area contributed by atoms with Crippen molar-refractivity contribution in [1.29, 1.82) is 0 Å². The molecule has 152 valence electrons. The number of benzene rings is 2. The number of fused-ring (bicyclic) bond motifs is 1. The summed E-state index contributed by atoms with van der Waals surface area (Å²) in [5.74, 6) is -0.470. The number of thioether (sulfide) groups is 1. The molecule has 0 radical (unpaired) electrons. The fourth-order valence-corrected chi connectivity index (χ4v) is 5.30. The molecule has 1 unspecified atom stereocenters. The van der Waals surface area contributed by atoms with Gasteiger partial charge in [0.15, 0.2) is 5.16 Å². The van der Waals surface area contributed by atoms with E-state index in [1.165, 1.54) is 38.8 Å². The molecule has 0 aliphatic rings. The van der Waals surface area contributed by atoms with Crippen molar-refractivity contribution in [2.75, 3.05) is 0 Å². The number of rotatable bonds is 5.